The predicted molar refractivity (Wildman–Crippen MR) is 80.2 cm³/mol. The van der Waals surface area contributed by atoms with Crippen molar-refractivity contribution in [2.75, 3.05) is 6.61 Å². The summed E-state index contributed by atoms with van der Waals surface area (Å²) < 4.78 is 5.68. The van der Waals surface area contributed by atoms with Crippen LogP contribution >= 0.6 is 0 Å². The summed E-state index contributed by atoms with van der Waals surface area (Å²) in [4.78, 5) is 11.0. The van der Waals surface area contributed by atoms with Gasteiger partial charge in [-0.1, -0.05) is 39.8 Å². The number of carbonyl (C=O) groups is 1. The molecule has 112 valence electrons. The van der Waals surface area contributed by atoms with E-state index in [4.69, 9.17) is 15.6 Å². The van der Waals surface area contributed by atoms with Crippen molar-refractivity contribution in [2.45, 2.75) is 52.0 Å². The van der Waals surface area contributed by atoms with Gasteiger partial charge in [0.25, 0.3) is 0 Å². The van der Waals surface area contributed by atoms with Gasteiger partial charge in [0.1, 0.15) is 17.9 Å². The highest BCUT2D eigenvalue weighted by Gasteiger charge is 2.30. The molecule has 3 N–H and O–H groups in total. The van der Waals surface area contributed by atoms with E-state index in [0.717, 1.165) is 12.0 Å². The third-order valence-electron chi connectivity index (χ3n) is 3.28. The van der Waals surface area contributed by atoms with Crippen molar-refractivity contribution < 1.29 is 14.6 Å². The van der Waals surface area contributed by atoms with Crippen molar-refractivity contribution in [3.05, 3.63) is 29.3 Å². The smallest absolute Gasteiger partial charge is 0.326 e. The Balaban J connectivity index is 3.04. The Kier molecular flexibility index (Phi) is 4.81. The zero-order valence-electron chi connectivity index (χ0n) is 13.0. The van der Waals surface area contributed by atoms with Crippen LogP contribution in [0.2, 0.25) is 0 Å². The summed E-state index contributed by atoms with van der Waals surface area (Å²) in [6.45, 7) is 9.81. The van der Waals surface area contributed by atoms with Crippen LogP contribution in [0, 0.1) is 0 Å². The summed E-state index contributed by atoms with van der Waals surface area (Å²) >= 11 is 0. The van der Waals surface area contributed by atoms with Crippen LogP contribution in [0.3, 0.4) is 0 Å². The fraction of sp³-hybridized carbons (Fsp3) is 0.562. The normalized spacial score (nSPS) is 14.7. The first-order chi connectivity index (χ1) is 9.08. The van der Waals surface area contributed by atoms with E-state index < -0.39 is 11.5 Å². The highest BCUT2D eigenvalue weighted by molar-refractivity contribution is 5.78. The number of carboxylic acid groups (broad SMARTS) is 1. The molecule has 20 heavy (non-hydrogen) atoms. The van der Waals surface area contributed by atoms with Crippen molar-refractivity contribution in [3.8, 4) is 5.75 Å². The largest absolute Gasteiger partial charge is 0.491 e. The van der Waals surface area contributed by atoms with Crippen molar-refractivity contribution in [1.29, 1.82) is 0 Å². The van der Waals surface area contributed by atoms with Gasteiger partial charge in [0, 0.05) is 0 Å². The van der Waals surface area contributed by atoms with E-state index in [1.807, 2.05) is 12.1 Å². The molecule has 1 rings (SSSR count). The van der Waals surface area contributed by atoms with Crippen molar-refractivity contribution in [1.82, 2.24) is 0 Å². The summed E-state index contributed by atoms with van der Waals surface area (Å²) in [5.41, 5.74) is 6.53. The molecule has 1 atom stereocenters. The summed E-state index contributed by atoms with van der Waals surface area (Å²) in [6, 6.07) is 6.01. The Labute approximate surface area is 120 Å². The van der Waals surface area contributed by atoms with Crippen LogP contribution in [0.4, 0.5) is 0 Å². The average molecular weight is 279 g/mol. The van der Waals surface area contributed by atoms with Gasteiger partial charge in [-0.25, -0.2) is 0 Å². The van der Waals surface area contributed by atoms with Crippen molar-refractivity contribution >= 4 is 5.97 Å². The lowest BCUT2D eigenvalue weighted by Crippen LogP contribution is -2.50. The lowest BCUT2D eigenvalue weighted by atomic mass is 9.85. The molecule has 0 saturated carbocycles. The van der Waals surface area contributed by atoms with Gasteiger partial charge in [-0.05, 0) is 36.0 Å². The molecule has 0 aromatic heterocycles. The van der Waals surface area contributed by atoms with Gasteiger partial charge < -0.3 is 15.6 Å². The molecule has 0 bridgehead atoms. The minimum absolute atomic E-state index is 0.0586. The quantitative estimate of drug-likeness (QED) is 0.869. The van der Waals surface area contributed by atoms with Crippen LogP contribution in [-0.4, -0.2) is 23.2 Å². The first kappa shape index (κ1) is 16.5. The molecule has 1 aromatic carbocycles. The minimum Gasteiger partial charge on any atom is -0.491 e. The SMILES string of the molecule is CCc1ccc(OCC(C)(N)C(=O)O)c(C(C)(C)C)c1. The second kappa shape index (κ2) is 5.83. The molecule has 0 spiro atoms. The Hall–Kier alpha value is -1.55. The zero-order chi connectivity index (χ0) is 15.6. The summed E-state index contributed by atoms with van der Waals surface area (Å²) in [7, 11) is 0. The fourth-order valence-electron chi connectivity index (χ4n) is 1.80. The molecule has 0 fully saturated rings. The first-order valence-electron chi connectivity index (χ1n) is 6.86. The van der Waals surface area contributed by atoms with Gasteiger partial charge >= 0.3 is 5.97 Å². The molecule has 0 aliphatic heterocycles. The molecule has 4 heteroatoms. The number of hydrogen-bond acceptors (Lipinski definition) is 3. The number of aryl methyl sites for hydroxylation is 1. The van der Waals surface area contributed by atoms with E-state index in [1.54, 1.807) is 0 Å². The number of benzene rings is 1. The lowest BCUT2D eigenvalue weighted by Gasteiger charge is -2.26. The predicted octanol–water partition coefficient (Wildman–Crippen LogP) is 2.73. The Morgan fingerprint density at radius 3 is 2.35 bits per heavy atom. The Bertz CT molecular complexity index is 487. The fourth-order valence-corrected chi connectivity index (χ4v) is 1.80. The molecular formula is C16H25NO3. The van der Waals surface area contributed by atoms with Crippen LogP contribution in [0.5, 0.6) is 5.75 Å². The minimum atomic E-state index is -1.39. The molecule has 1 unspecified atom stereocenters. The Morgan fingerprint density at radius 1 is 1.30 bits per heavy atom. The van der Waals surface area contributed by atoms with E-state index in [0.29, 0.717) is 5.75 Å². The van der Waals surface area contributed by atoms with E-state index in [1.165, 1.54) is 12.5 Å². The number of hydrogen-bond donors (Lipinski definition) is 2. The molecule has 0 radical (unpaired) electrons. The van der Waals surface area contributed by atoms with Crippen LogP contribution in [0.1, 0.15) is 45.7 Å². The summed E-state index contributed by atoms with van der Waals surface area (Å²) in [6.07, 6.45) is 0.951. The maximum absolute atomic E-state index is 11.0. The molecule has 4 nitrogen and oxygen atoms in total. The van der Waals surface area contributed by atoms with Gasteiger partial charge in [0.05, 0.1) is 0 Å². The number of aliphatic carboxylic acids is 1. The van der Waals surface area contributed by atoms with Crippen molar-refractivity contribution in [2.24, 2.45) is 5.73 Å². The van der Waals surface area contributed by atoms with Crippen LogP contribution in [0.15, 0.2) is 18.2 Å². The highest BCUT2D eigenvalue weighted by Crippen LogP contribution is 2.32. The van der Waals surface area contributed by atoms with Crippen LogP contribution in [-0.2, 0) is 16.6 Å². The zero-order valence-corrected chi connectivity index (χ0v) is 13.0. The maximum Gasteiger partial charge on any atom is 0.326 e. The Morgan fingerprint density at radius 2 is 1.90 bits per heavy atom. The van der Waals surface area contributed by atoms with Gasteiger partial charge in [-0.3, -0.25) is 4.79 Å². The van der Waals surface area contributed by atoms with E-state index in [-0.39, 0.29) is 12.0 Å². The van der Waals surface area contributed by atoms with Gasteiger partial charge in [-0.2, -0.15) is 0 Å². The lowest BCUT2D eigenvalue weighted by molar-refractivity contribution is -0.143. The molecule has 0 saturated heterocycles. The number of carboxylic acids is 1. The van der Waals surface area contributed by atoms with Crippen LogP contribution in [0.25, 0.3) is 0 Å². The van der Waals surface area contributed by atoms with E-state index >= 15 is 0 Å². The highest BCUT2D eigenvalue weighted by atomic mass is 16.5. The molecule has 1 aromatic rings. The molecule has 0 heterocycles. The maximum atomic E-state index is 11.0. The average Bonchev–Trinajstić information content (AvgIpc) is 2.35. The first-order valence-corrected chi connectivity index (χ1v) is 6.86. The van der Waals surface area contributed by atoms with Gasteiger partial charge in [-0.15, -0.1) is 0 Å². The van der Waals surface area contributed by atoms with E-state index in [2.05, 4.69) is 33.8 Å². The monoisotopic (exact) mass is 279 g/mol. The topological polar surface area (TPSA) is 72.5 Å². The number of nitrogens with two attached hydrogens (primary N) is 1. The molecule has 0 aliphatic carbocycles. The standard InChI is InChI=1S/C16H25NO3/c1-6-11-7-8-13(12(9-11)15(2,3)4)20-10-16(5,17)14(18)19/h7-9H,6,10,17H2,1-5H3,(H,18,19). The third kappa shape index (κ3) is 3.97. The van der Waals surface area contributed by atoms with Gasteiger partial charge in [0.15, 0.2) is 0 Å². The van der Waals surface area contributed by atoms with Gasteiger partial charge in [0.2, 0.25) is 0 Å². The second-order valence-corrected chi connectivity index (χ2v) is 6.45. The molecule has 0 amide bonds. The second-order valence-electron chi connectivity index (χ2n) is 6.45. The van der Waals surface area contributed by atoms with Crippen LogP contribution < -0.4 is 10.5 Å². The molecule has 0 aliphatic rings. The summed E-state index contributed by atoms with van der Waals surface area (Å²) in [5, 5.41) is 9.03. The molecular weight excluding hydrogens is 254 g/mol. The van der Waals surface area contributed by atoms with Crippen molar-refractivity contribution in [3.63, 3.8) is 0 Å². The number of ether oxygens (including phenoxy) is 1. The van der Waals surface area contributed by atoms with E-state index in [9.17, 15) is 4.79 Å². The summed E-state index contributed by atoms with van der Waals surface area (Å²) in [5.74, 6) is -0.368. The number of rotatable bonds is 5. The third-order valence-corrected chi connectivity index (χ3v) is 3.28.